The fraction of sp³-hybridized carbons (Fsp3) is 0.217. The number of nitrogens with zero attached hydrogens (tertiary/aromatic N) is 6. The molecule has 1 atom stereocenters. The van der Waals surface area contributed by atoms with E-state index < -0.39 is 17.8 Å². The average molecular weight is 477 g/mol. The molecule has 0 saturated carbocycles. The normalized spacial score (nSPS) is 11.7. The van der Waals surface area contributed by atoms with E-state index in [-0.39, 0.29) is 31.5 Å². The van der Waals surface area contributed by atoms with Crippen molar-refractivity contribution in [3.05, 3.63) is 66.0 Å². The molecule has 1 amide bonds. The summed E-state index contributed by atoms with van der Waals surface area (Å²) in [6.07, 6.45) is 2.86. The van der Waals surface area contributed by atoms with Crippen molar-refractivity contribution in [1.82, 2.24) is 24.7 Å². The molecule has 1 unspecified atom stereocenters. The fourth-order valence-electron chi connectivity index (χ4n) is 3.20. The lowest BCUT2D eigenvalue weighted by atomic mass is 10.2. The van der Waals surface area contributed by atoms with E-state index in [2.05, 4.69) is 25.4 Å². The molecule has 4 rings (SSSR count). The number of aliphatic hydroxyl groups is 1. The van der Waals surface area contributed by atoms with Gasteiger partial charge in [0.15, 0.2) is 5.65 Å². The van der Waals surface area contributed by atoms with E-state index in [9.17, 15) is 9.18 Å². The monoisotopic (exact) mass is 477 g/mol. The van der Waals surface area contributed by atoms with Crippen molar-refractivity contribution in [2.45, 2.75) is 13.0 Å². The van der Waals surface area contributed by atoms with Crippen molar-refractivity contribution >= 4 is 22.8 Å². The summed E-state index contributed by atoms with van der Waals surface area (Å²) in [7, 11) is 0. The molecule has 2 N–H and O–H groups in total. The number of aromatic nitrogens is 5. The number of halogens is 1. The van der Waals surface area contributed by atoms with Crippen molar-refractivity contribution in [1.29, 1.82) is 5.26 Å². The van der Waals surface area contributed by atoms with Gasteiger partial charge in [-0.15, -0.1) is 0 Å². The van der Waals surface area contributed by atoms with Crippen LogP contribution in [0.3, 0.4) is 0 Å². The SMILES string of the molecule is Cc1ccc(F)cc1-n1ncc2c(OC(COCCO)C(=O)Nc3ccc(C#N)cn3)ncnc21. The smallest absolute Gasteiger partial charge is 0.269 e. The summed E-state index contributed by atoms with van der Waals surface area (Å²) >= 11 is 0. The van der Waals surface area contributed by atoms with E-state index in [4.69, 9.17) is 19.8 Å². The molecule has 0 aliphatic carbocycles. The van der Waals surface area contributed by atoms with Crippen LogP contribution in [-0.2, 0) is 9.53 Å². The highest BCUT2D eigenvalue weighted by Crippen LogP contribution is 2.26. The molecule has 0 radical (unpaired) electrons. The summed E-state index contributed by atoms with van der Waals surface area (Å²) in [5, 5.41) is 25.2. The van der Waals surface area contributed by atoms with Crippen LogP contribution in [0, 0.1) is 24.1 Å². The molecule has 0 fully saturated rings. The summed E-state index contributed by atoms with van der Waals surface area (Å²) in [5.41, 5.74) is 1.98. The van der Waals surface area contributed by atoms with Gasteiger partial charge in [0.1, 0.15) is 29.4 Å². The summed E-state index contributed by atoms with van der Waals surface area (Å²) in [4.78, 5) is 25.3. The van der Waals surface area contributed by atoms with E-state index >= 15 is 0 Å². The quantitative estimate of drug-likeness (QED) is 0.345. The third kappa shape index (κ3) is 5.37. The molecule has 4 aromatic rings. The van der Waals surface area contributed by atoms with Gasteiger partial charge in [0.25, 0.3) is 5.91 Å². The highest BCUT2D eigenvalue weighted by molar-refractivity contribution is 5.94. The van der Waals surface area contributed by atoms with Crippen LogP contribution in [0.5, 0.6) is 5.88 Å². The molecule has 3 aromatic heterocycles. The number of aliphatic hydroxyl groups excluding tert-OH is 1. The Morgan fingerprint density at radius 2 is 2.11 bits per heavy atom. The maximum absolute atomic E-state index is 13.9. The molecule has 0 saturated heterocycles. The number of aryl methyl sites for hydroxylation is 1. The number of amides is 1. The van der Waals surface area contributed by atoms with Gasteiger partial charge in [0.2, 0.25) is 12.0 Å². The average Bonchev–Trinajstić information content (AvgIpc) is 3.30. The van der Waals surface area contributed by atoms with Crippen LogP contribution in [-0.4, -0.2) is 61.7 Å². The largest absolute Gasteiger partial charge is 0.461 e. The zero-order chi connectivity index (χ0) is 24.8. The molecule has 1 aromatic carbocycles. The van der Waals surface area contributed by atoms with Crippen molar-refractivity contribution in [2.75, 3.05) is 25.1 Å². The predicted octanol–water partition coefficient (Wildman–Crippen LogP) is 1.92. The molecule has 0 aliphatic heterocycles. The molecule has 35 heavy (non-hydrogen) atoms. The Balaban J connectivity index is 1.62. The Labute approximate surface area is 198 Å². The summed E-state index contributed by atoms with van der Waals surface area (Å²) in [6, 6.07) is 9.27. The van der Waals surface area contributed by atoms with Gasteiger partial charge < -0.3 is 19.9 Å². The lowest BCUT2D eigenvalue weighted by Gasteiger charge is -2.18. The van der Waals surface area contributed by atoms with Gasteiger partial charge in [-0.05, 0) is 36.8 Å². The first kappa shape index (κ1) is 23.7. The Hall–Kier alpha value is -4.47. The van der Waals surface area contributed by atoms with E-state index in [1.165, 1.54) is 47.7 Å². The van der Waals surface area contributed by atoms with Gasteiger partial charge >= 0.3 is 0 Å². The summed E-state index contributed by atoms with van der Waals surface area (Å²) < 4.78 is 26.5. The second-order valence-electron chi connectivity index (χ2n) is 7.34. The summed E-state index contributed by atoms with van der Waals surface area (Å²) in [6.45, 7) is 1.39. The highest BCUT2D eigenvalue weighted by atomic mass is 19.1. The maximum Gasteiger partial charge on any atom is 0.269 e. The Kier molecular flexibility index (Phi) is 7.20. The van der Waals surface area contributed by atoms with E-state index in [0.29, 0.717) is 22.3 Å². The van der Waals surface area contributed by atoms with Gasteiger partial charge in [-0.1, -0.05) is 6.07 Å². The first-order chi connectivity index (χ1) is 17.0. The van der Waals surface area contributed by atoms with Crippen molar-refractivity contribution in [2.24, 2.45) is 0 Å². The number of carbonyl (C=O) groups excluding carboxylic acids is 1. The van der Waals surface area contributed by atoms with Crippen LogP contribution < -0.4 is 10.1 Å². The van der Waals surface area contributed by atoms with Crippen LogP contribution in [0.4, 0.5) is 10.2 Å². The first-order valence-corrected chi connectivity index (χ1v) is 10.5. The van der Waals surface area contributed by atoms with Gasteiger partial charge in [0.05, 0.1) is 37.3 Å². The number of hydrogen-bond acceptors (Lipinski definition) is 9. The zero-order valence-corrected chi connectivity index (χ0v) is 18.6. The van der Waals surface area contributed by atoms with Crippen LogP contribution >= 0.6 is 0 Å². The number of carbonyl (C=O) groups is 1. The van der Waals surface area contributed by atoms with E-state index in [1.54, 1.807) is 6.07 Å². The van der Waals surface area contributed by atoms with E-state index in [0.717, 1.165) is 5.56 Å². The van der Waals surface area contributed by atoms with Crippen molar-refractivity contribution in [3.8, 4) is 17.6 Å². The first-order valence-electron chi connectivity index (χ1n) is 10.5. The molecule has 0 aliphatic rings. The number of nitrogens with one attached hydrogen (secondary N) is 1. The number of anilines is 1. The third-order valence-electron chi connectivity index (χ3n) is 4.92. The Bertz CT molecular complexity index is 1390. The number of ether oxygens (including phenoxy) is 2. The van der Waals surface area contributed by atoms with Crippen LogP contribution in [0.1, 0.15) is 11.1 Å². The van der Waals surface area contributed by atoms with Gasteiger partial charge in [0, 0.05) is 6.20 Å². The van der Waals surface area contributed by atoms with Crippen LogP contribution in [0.2, 0.25) is 0 Å². The Morgan fingerprint density at radius 3 is 2.86 bits per heavy atom. The number of benzene rings is 1. The fourth-order valence-corrected chi connectivity index (χ4v) is 3.20. The second-order valence-corrected chi connectivity index (χ2v) is 7.34. The van der Waals surface area contributed by atoms with Gasteiger partial charge in [-0.25, -0.2) is 24.0 Å². The maximum atomic E-state index is 13.9. The third-order valence-corrected chi connectivity index (χ3v) is 4.92. The Morgan fingerprint density at radius 1 is 1.26 bits per heavy atom. The molecule has 11 nitrogen and oxygen atoms in total. The molecular weight excluding hydrogens is 457 g/mol. The lowest BCUT2D eigenvalue weighted by Crippen LogP contribution is -2.37. The standard InChI is InChI=1S/C23H20FN7O4/c1-14-2-4-16(24)8-18(14)31-21-17(11-29-31)23(28-13-27-21)35-19(12-34-7-6-32)22(33)30-20-5-3-15(9-25)10-26-20/h2-5,8,10-11,13,19,32H,6-7,12H2,1H3,(H,26,30,33). The molecule has 178 valence electrons. The number of hydrogen-bond donors (Lipinski definition) is 2. The number of nitriles is 1. The van der Waals surface area contributed by atoms with E-state index in [1.807, 2.05) is 13.0 Å². The molecule has 3 heterocycles. The topological polar surface area (TPSA) is 148 Å². The molecule has 12 heteroatoms. The number of pyridine rings is 1. The zero-order valence-electron chi connectivity index (χ0n) is 18.6. The van der Waals surface area contributed by atoms with Crippen molar-refractivity contribution in [3.63, 3.8) is 0 Å². The molecule has 0 spiro atoms. The van der Waals surface area contributed by atoms with Gasteiger partial charge in [-0.3, -0.25) is 4.79 Å². The lowest BCUT2D eigenvalue weighted by molar-refractivity contribution is -0.125. The van der Waals surface area contributed by atoms with Gasteiger partial charge in [-0.2, -0.15) is 10.4 Å². The summed E-state index contributed by atoms with van der Waals surface area (Å²) in [5.74, 6) is -0.725. The minimum Gasteiger partial charge on any atom is -0.461 e. The number of fused-ring (bicyclic) bond motifs is 1. The molecule has 0 bridgehead atoms. The van der Waals surface area contributed by atoms with Crippen molar-refractivity contribution < 1.29 is 23.8 Å². The minimum atomic E-state index is -1.17. The predicted molar refractivity (Wildman–Crippen MR) is 121 cm³/mol. The minimum absolute atomic E-state index is 0.00176. The highest BCUT2D eigenvalue weighted by Gasteiger charge is 2.24. The van der Waals surface area contributed by atoms with Crippen LogP contribution in [0.25, 0.3) is 16.7 Å². The number of rotatable bonds is 9. The van der Waals surface area contributed by atoms with Crippen LogP contribution in [0.15, 0.2) is 49.1 Å². The second kappa shape index (κ2) is 10.6. The molecular formula is C23H20FN7O4.